The van der Waals surface area contributed by atoms with Gasteiger partial charge in [-0.25, -0.2) is 0 Å². The molecule has 0 radical (unpaired) electrons. The molecule has 0 heterocycles. The van der Waals surface area contributed by atoms with Crippen LogP contribution in [0.3, 0.4) is 0 Å². The summed E-state index contributed by atoms with van der Waals surface area (Å²) in [7, 11) is 0. The third kappa shape index (κ3) is 4.68. The number of rotatable bonds is 7. The number of aliphatic hydroxyl groups excluding tert-OH is 1. The smallest absolute Gasteiger partial charge is 0.124 e. The molecule has 94 valence electrons. The molecule has 0 amide bonds. The number of para-hydroxylation sites is 1. The first-order valence-corrected chi connectivity index (χ1v) is 5.78. The Morgan fingerprint density at radius 2 is 2.12 bits per heavy atom. The third-order valence-electron chi connectivity index (χ3n) is 2.25. The van der Waals surface area contributed by atoms with E-state index in [1.54, 1.807) is 6.92 Å². The number of benzene rings is 1. The molecule has 4 nitrogen and oxygen atoms in total. The summed E-state index contributed by atoms with van der Waals surface area (Å²) in [5.74, 6) is 0.668. The van der Waals surface area contributed by atoms with E-state index >= 15 is 0 Å². The third-order valence-corrected chi connectivity index (χ3v) is 2.58. The van der Waals surface area contributed by atoms with E-state index in [0.29, 0.717) is 24.0 Å². The molecule has 1 aromatic carbocycles. The van der Waals surface area contributed by atoms with Gasteiger partial charge in [0.25, 0.3) is 0 Å². The van der Waals surface area contributed by atoms with Gasteiger partial charge in [0.2, 0.25) is 0 Å². The lowest BCUT2D eigenvalue weighted by Crippen LogP contribution is -2.27. The van der Waals surface area contributed by atoms with Gasteiger partial charge in [-0.3, -0.25) is 0 Å². The van der Waals surface area contributed by atoms with Crippen molar-refractivity contribution in [2.45, 2.75) is 19.6 Å². The minimum Gasteiger partial charge on any atom is -0.491 e. The molecule has 17 heavy (non-hydrogen) atoms. The molecule has 0 aliphatic heterocycles. The fourth-order valence-electron chi connectivity index (χ4n) is 1.23. The van der Waals surface area contributed by atoms with E-state index < -0.39 is 0 Å². The maximum atomic E-state index is 9.09. The van der Waals surface area contributed by atoms with E-state index in [1.807, 2.05) is 24.3 Å². The molecule has 3 N–H and O–H groups in total. The van der Waals surface area contributed by atoms with Crippen LogP contribution in [-0.2, 0) is 11.3 Å². The Kier molecular flexibility index (Phi) is 5.90. The molecule has 0 fully saturated rings. The van der Waals surface area contributed by atoms with E-state index in [0.717, 1.165) is 5.56 Å². The topological polar surface area (TPSA) is 64.7 Å². The van der Waals surface area contributed by atoms with Crippen molar-refractivity contribution >= 4 is 17.2 Å². The zero-order valence-corrected chi connectivity index (χ0v) is 10.6. The van der Waals surface area contributed by atoms with Gasteiger partial charge >= 0.3 is 0 Å². The van der Waals surface area contributed by atoms with E-state index in [4.69, 9.17) is 32.5 Å². The summed E-state index contributed by atoms with van der Waals surface area (Å²) in [5, 5.41) is 9.09. The quantitative estimate of drug-likeness (QED) is 0.567. The maximum absolute atomic E-state index is 9.09. The Morgan fingerprint density at radius 3 is 2.76 bits per heavy atom. The standard InChI is InChI=1S/C12H17NO3S/c1-9(12(13)17)15-6-7-16-11-5-3-2-4-10(11)8-14/h2-5,9,14H,6-8H2,1H3,(H2,13,17). The number of hydrogen-bond acceptors (Lipinski definition) is 4. The van der Waals surface area contributed by atoms with Gasteiger partial charge in [0, 0.05) is 5.56 Å². The predicted molar refractivity (Wildman–Crippen MR) is 70.1 cm³/mol. The van der Waals surface area contributed by atoms with Crippen LogP contribution in [0.25, 0.3) is 0 Å². The van der Waals surface area contributed by atoms with Crippen LogP contribution in [0.2, 0.25) is 0 Å². The normalized spacial score (nSPS) is 12.1. The predicted octanol–water partition coefficient (Wildman–Crippen LogP) is 1.25. The Bertz CT molecular complexity index is 371. The number of aliphatic hydroxyl groups is 1. The Hall–Kier alpha value is -1.17. The van der Waals surface area contributed by atoms with Crippen LogP contribution < -0.4 is 10.5 Å². The van der Waals surface area contributed by atoms with Crippen LogP contribution in [0.4, 0.5) is 0 Å². The molecule has 1 unspecified atom stereocenters. The Labute approximate surface area is 106 Å². The fraction of sp³-hybridized carbons (Fsp3) is 0.417. The lowest BCUT2D eigenvalue weighted by molar-refractivity contribution is 0.0803. The van der Waals surface area contributed by atoms with Crippen LogP contribution in [0.1, 0.15) is 12.5 Å². The summed E-state index contributed by atoms with van der Waals surface area (Å²) >= 11 is 4.78. The van der Waals surface area contributed by atoms with Gasteiger partial charge in [-0.05, 0) is 13.0 Å². The Balaban J connectivity index is 2.33. The van der Waals surface area contributed by atoms with E-state index in [-0.39, 0.29) is 12.7 Å². The van der Waals surface area contributed by atoms with Crippen molar-refractivity contribution in [3.05, 3.63) is 29.8 Å². The molecule has 0 spiro atoms. The molecule has 1 rings (SSSR count). The second kappa shape index (κ2) is 7.21. The summed E-state index contributed by atoms with van der Waals surface area (Å²) in [6.45, 7) is 2.55. The fourth-order valence-corrected chi connectivity index (χ4v) is 1.30. The molecule has 0 aromatic heterocycles. The van der Waals surface area contributed by atoms with E-state index in [1.165, 1.54) is 0 Å². The highest BCUT2D eigenvalue weighted by atomic mass is 32.1. The first kappa shape index (κ1) is 13.9. The van der Waals surface area contributed by atoms with Crippen molar-refractivity contribution in [3.8, 4) is 5.75 Å². The molecular formula is C12H17NO3S. The average Bonchev–Trinajstić information content (AvgIpc) is 2.34. The maximum Gasteiger partial charge on any atom is 0.124 e. The van der Waals surface area contributed by atoms with Crippen LogP contribution in [0.5, 0.6) is 5.75 Å². The first-order valence-electron chi connectivity index (χ1n) is 5.37. The number of ether oxygens (including phenoxy) is 2. The Morgan fingerprint density at radius 1 is 1.41 bits per heavy atom. The van der Waals surface area contributed by atoms with Crippen molar-refractivity contribution in [1.29, 1.82) is 0 Å². The molecular weight excluding hydrogens is 238 g/mol. The van der Waals surface area contributed by atoms with Crippen molar-refractivity contribution in [2.24, 2.45) is 5.73 Å². The van der Waals surface area contributed by atoms with Crippen molar-refractivity contribution < 1.29 is 14.6 Å². The van der Waals surface area contributed by atoms with Gasteiger partial charge in [-0.1, -0.05) is 30.4 Å². The zero-order valence-electron chi connectivity index (χ0n) is 9.76. The molecule has 0 saturated carbocycles. The summed E-state index contributed by atoms with van der Waals surface area (Å²) in [4.78, 5) is 0.334. The molecule has 0 aliphatic carbocycles. The van der Waals surface area contributed by atoms with Gasteiger partial charge in [0.1, 0.15) is 23.4 Å². The first-order chi connectivity index (χ1) is 8.15. The highest BCUT2D eigenvalue weighted by Crippen LogP contribution is 2.17. The summed E-state index contributed by atoms with van der Waals surface area (Å²) in [6, 6.07) is 7.33. The molecule has 5 heteroatoms. The van der Waals surface area contributed by atoms with E-state index in [2.05, 4.69) is 0 Å². The largest absolute Gasteiger partial charge is 0.491 e. The highest BCUT2D eigenvalue weighted by Gasteiger charge is 2.05. The van der Waals surface area contributed by atoms with Crippen LogP contribution >= 0.6 is 12.2 Å². The summed E-state index contributed by atoms with van der Waals surface area (Å²) in [5.41, 5.74) is 6.17. The SMILES string of the molecule is CC(OCCOc1ccccc1CO)C(N)=S. The average molecular weight is 255 g/mol. The number of thiocarbonyl (C=S) groups is 1. The molecule has 0 saturated heterocycles. The van der Waals surface area contributed by atoms with Crippen molar-refractivity contribution in [1.82, 2.24) is 0 Å². The monoisotopic (exact) mass is 255 g/mol. The van der Waals surface area contributed by atoms with Gasteiger partial charge in [0.15, 0.2) is 0 Å². The summed E-state index contributed by atoms with van der Waals surface area (Å²) < 4.78 is 10.8. The zero-order chi connectivity index (χ0) is 12.7. The molecule has 1 aromatic rings. The van der Waals surface area contributed by atoms with Gasteiger partial charge in [-0.15, -0.1) is 0 Å². The van der Waals surface area contributed by atoms with Gasteiger partial charge in [-0.2, -0.15) is 0 Å². The summed E-state index contributed by atoms with van der Waals surface area (Å²) in [6.07, 6.45) is -0.248. The van der Waals surface area contributed by atoms with E-state index in [9.17, 15) is 0 Å². The van der Waals surface area contributed by atoms with Gasteiger partial charge < -0.3 is 20.3 Å². The molecule has 0 aliphatic rings. The second-order valence-corrected chi connectivity index (χ2v) is 4.00. The minimum absolute atomic E-state index is 0.0414. The van der Waals surface area contributed by atoms with Crippen molar-refractivity contribution in [2.75, 3.05) is 13.2 Å². The lowest BCUT2D eigenvalue weighted by Gasteiger charge is -2.13. The minimum atomic E-state index is -0.248. The number of hydrogen-bond donors (Lipinski definition) is 2. The van der Waals surface area contributed by atoms with Crippen molar-refractivity contribution in [3.63, 3.8) is 0 Å². The molecule has 0 bridgehead atoms. The van der Waals surface area contributed by atoms with Crippen LogP contribution in [0, 0.1) is 0 Å². The second-order valence-electron chi connectivity index (χ2n) is 3.53. The van der Waals surface area contributed by atoms with Gasteiger partial charge in [0.05, 0.1) is 13.2 Å². The molecule has 1 atom stereocenters. The number of nitrogens with two attached hydrogens (primary N) is 1. The highest BCUT2D eigenvalue weighted by molar-refractivity contribution is 7.80. The van der Waals surface area contributed by atoms with Crippen LogP contribution in [-0.4, -0.2) is 29.4 Å². The lowest BCUT2D eigenvalue weighted by atomic mass is 10.2. The van der Waals surface area contributed by atoms with Crippen LogP contribution in [0.15, 0.2) is 24.3 Å².